The van der Waals surface area contributed by atoms with Crippen LogP contribution in [0.1, 0.15) is 65.1 Å². The number of ether oxygens (including phenoxy) is 2. The molecule has 5 nitrogen and oxygen atoms in total. The van der Waals surface area contributed by atoms with Crippen molar-refractivity contribution in [1.29, 1.82) is 0 Å². The van der Waals surface area contributed by atoms with Crippen LogP contribution in [0.2, 0.25) is 0 Å². The van der Waals surface area contributed by atoms with Gasteiger partial charge in [-0.05, 0) is 66.7 Å². The van der Waals surface area contributed by atoms with Crippen LogP contribution in [-0.4, -0.2) is 37.4 Å². The number of methoxy groups -OCH3 is 1. The summed E-state index contributed by atoms with van der Waals surface area (Å²) in [7, 11) is 1.38. The van der Waals surface area contributed by atoms with Crippen LogP contribution in [-0.2, 0) is 14.3 Å². The number of hydrogen-bond donors (Lipinski definition) is 1. The first kappa shape index (κ1) is 17.9. The fourth-order valence-electron chi connectivity index (χ4n) is 4.07. The Labute approximate surface area is 148 Å². The number of carbonyl (C=O) groups excluding carboxylic acids is 1. The molecule has 0 radical (unpaired) electrons. The molecule has 3 unspecified atom stereocenters. The maximum atomic E-state index is 12.2. The highest BCUT2D eigenvalue weighted by Gasteiger charge is 2.44. The topological polar surface area (TPSA) is 72.8 Å². The van der Waals surface area contributed by atoms with E-state index in [0.29, 0.717) is 23.8 Å². The van der Waals surface area contributed by atoms with Crippen molar-refractivity contribution in [2.24, 2.45) is 11.8 Å². The quantitative estimate of drug-likeness (QED) is 0.826. The van der Waals surface area contributed by atoms with Crippen molar-refractivity contribution < 1.29 is 24.2 Å². The van der Waals surface area contributed by atoms with Crippen molar-refractivity contribution in [3.05, 3.63) is 34.4 Å². The molecule has 0 aromatic heterocycles. The zero-order valence-corrected chi connectivity index (χ0v) is 15.1. The summed E-state index contributed by atoms with van der Waals surface area (Å²) in [5.74, 6) is -0.630. The molecule has 0 bridgehead atoms. The normalized spacial score (nSPS) is 24.6. The molecule has 1 aliphatic heterocycles. The van der Waals surface area contributed by atoms with Crippen LogP contribution >= 0.6 is 0 Å². The van der Waals surface area contributed by atoms with E-state index in [-0.39, 0.29) is 17.8 Å². The third-order valence-corrected chi connectivity index (χ3v) is 5.87. The highest BCUT2D eigenvalue weighted by Crippen LogP contribution is 2.49. The van der Waals surface area contributed by atoms with E-state index in [2.05, 4.69) is 13.0 Å². The van der Waals surface area contributed by atoms with E-state index >= 15 is 0 Å². The standard InChI is InChI=1S/C20H26O5/c1-11(13-4-6-25-7-5-13)15-8-14(17-10-18(17)19(21)22)9-16(12(15)2)20(23)24-3/h8-9,11,13,17-18H,4-7,10H2,1-3H3,(H,21,22). The zero-order valence-electron chi connectivity index (χ0n) is 15.1. The lowest BCUT2D eigenvalue weighted by Crippen LogP contribution is -2.22. The number of hydrogen-bond acceptors (Lipinski definition) is 4. The third-order valence-electron chi connectivity index (χ3n) is 5.87. The molecule has 5 heteroatoms. The van der Waals surface area contributed by atoms with Gasteiger partial charge in [-0.3, -0.25) is 4.79 Å². The SMILES string of the molecule is COC(=O)c1cc(C2CC2C(=O)O)cc(C(C)C2CCOCC2)c1C. The highest BCUT2D eigenvalue weighted by atomic mass is 16.5. The predicted octanol–water partition coefficient (Wildman–Crippen LogP) is 3.50. The number of benzene rings is 1. The predicted molar refractivity (Wildman–Crippen MR) is 93.0 cm³/mol. The summed E-state index contributed by atoms with van der Waals surface area (Å²) in [5, 5.41) is 9.24. The van der Waals surface area contributed by atoms with Gasteiger partial charge in [0.2, 0.25) is 0 Å². The van der Waals surface area contributed by atoms with Crippen molar-refractivity contribution >= 4 is 11.9 Å². The van der Waals surface area contributed by atoms with Gasteiger partial charge in [-0.15, -0.1) is 0 Å². The third kappa shape index (κ3) is 3.56. The smallest absolute Gasteiger partial charge is 0.338 e. The van der Waals surface area contributed by atoms with E-state index in [1.165, 1.54) is 7.11 Å². The Morgan fingerprint density at radius 2 is 1.96 bits per heavy atom. The molecule has 1 saturated heterocycles. The molecule has 1 aromatic rings. The lowest BCUT2D eigenvalue weighted by molar-refractivity contribution is -0.138. The minimum Gasteiger partial charge on any atom is -0.481 e. The number of esters is 1. The highest BCUT2D eigenvalue weighted by molar-refractivity contribution is 5.92. The van der Waals surface area contributed by atoms with Gasteiger partial charge in [0.25, 0.3) is 0 Å². The van der Waals surface area contributed by atoms with E-state index in [1.807, 2.05) is 13.0 Å². The monoisotopic (exact) mass is 346 g/mol. The van der Waals surface area contributed by atoms with E-state index in [9.17, 15) is 14.7 Å². The summed E-state index contributed by atoms with van der Waals surface area (Å²) in [5.41, 5.74) is 3.60. The summed E-state index contributed by atoms with van der Waals surface area (Å²) >= 11 is 0. The van der Waals surface area contributed by atoms with Crippen LogP contribution in [0.5, 0.6) is 0 Å². The van der Waals surface area contributed by atoms with E-state index in [0.717, 1.165) is 42.7 Å². The molecule has 3 atom stereocenters. The molecule has 1 N–H and O–H groups in total. The number of rotatable bonds is 5. The number of carboxylic acid groups (broad SMARTS) is 1. The Morgan fingerprint density at radius 1 is 1.28 bits per heavy atom. The molecule has 2 aliphatic rings. The molecule has 136 valence electrons. The molecule has 1 heterocycles. The minimum atomic E-state index is -0.760. The van der Waals surface area contributed by atoms with Gasteiger partial charge in [-0.2, -0.15) is 0 Å². The second-order valence-electron chi connectivity index (χ2n) is 7.30. The van der Waals surface area contributed by atoms with Crippen molar-refractivity contribution in [2.45, 2.75) is 44.9 Å². The number of carbonyl (C=O) groups is 2. The summed E-state index contributed by atoms with van der Waals surface area (Å²) in [4.78, 5) is 23.5. The van der Waals surface area contributed by atoms with Crippen LogP contribution in [0.4, 0.5) is 0 Å². The first-order chi connectivity index (χ1) is 11.9. The lowest BCUT2D eigenvalue weighted by atomic mass is 9.79. The average Bonchev–Trinajstić information content (AvgIpc) is 3.42. The first-order valence-electron chi connectivity index (χ1n) is 8.97. The Morgan fingerprint density at radius 3 is 2.52 bits per heavy atom. The maximum Gasteiger partial charge on any atom is 0.338 e. The molecule has 3 rings (SSSR count). The molecule has 1 saturated carbocycles. The second-order valence-corrected chi connectivity index (χ2v) is 7.30. The maximum absolute atomic E-state index is 12.2. The van der Waals surface area contributed by atoms with Gasteiger partial charge in [-0.25, -0.2) is 4.79 Å². The van der Waals surface area contributed by atoms with E-state index < -0.39 is 5.97 Å². The van der Waals surface area contributed by atoms with E-state index in [1.54, 1.807) is 0 Å². The van der Waals surface area contributed by atoms with Crippen molar-refractivity contribution in [1.82, 2.24) is 0 Å². The van der Waals surface area contributed by atoms with Gasteiger partial charge in [-0.1, -0.05) is 13.0 Å². The zero-order chi connectivity index (χ0) is 18.1. The van der Waals surface area contributed by atoms with Crippen molar-refractivity contribution in [2.75, 3.05) is 20.3 Å². The molecular formula is C20H26O5. The summed E-state index contributed by atoms with van der Waals surface area (Å²) < 4.78 is 10.4. The summed E-state index contributed by atoms with van der Waals surface area (Å²) in [6.45, 7) is 5.72. The van der Waals surface area contributed by atoms with Crippen LogP contribution < -0.4 is 0 Å². The Hall–Kier alpha value is -1.88. The summed E-state index contributed by atoms with van der Waals surface area (Å²) in [6, 6.07) is 3.95. The van der Waals surface area contributed by atoms with Crippen molar-refractivity contribution in [3.8, 4) is 0 Å². The van der Waals surface area contributed by atoms with Gasteiger partial charge in [0.05, 0.1) is 18.6 Å². The van der Waals surface area contributed by atoms with Crippen LogP contribution in [0.15, 0.2) is 12.1 Å². The van der Waals surface area contributed by atoms with Gasteiger partial charge in [0.15, 0.2) is 0 Å². The Bertz CT molecular complexity index is 675. The second kappa shape index (κ2) is 7.16. The molecule has 1 aliphatic carbocycles. The van der Waals surface area contributed by atoms with Crippen LogP contribution in [0, 0.1) is 18.8 Å². The largest absolute Gasteiger partial charge is 0.481 e. The molecule has 2 fully saturated rings. The number of carboxylic acids is 1. The molecule has 1 aromatic carbocycles. The Balaban J connectivity index is 1.97. The fraction of sp³-hybridized carbons (Fsp3) is 0.600. The molecule has 0 spiro atoms. The van der Waals surface area contributed by atoms with Gasteiger partial charge in [0.1, 0.15) is 0 Å². The van der Waals surface area contributed by atoms with Gasteiger partial charge in [0, 0.05) is 13.2 Å². The van der Waals surface area contributed by atoms with Gasteiger partial charge >= 0.3 is 11.9 Å². The van der Waals surface area contributed by atoms with E-state index in [4.69, 9.17) is 9.47 Å². The molecular weight excluding hydrogens is 320 g/mol. The Kier molecular flexibility index (Phi) is 5.13. The average molecular weight is 346 g/mol. The lowest BCUT2D eigenvalue weighted by Gasteiger charge is -2.30. The summed E-state index contributed by atoms with van der Waals surface area (Å²) in [6.07, 6.45) is 2.67. The number of aliphatic carboxylic acids is 1. The van der Waals surface area contributed by atoms with Crippen molar-refractivity contribution in [3.63, 3.8) is 0 Å². The molecule has 25 heavy (non-hydrogen) atoms. The molecule has 0 amide bonds. The minimum absolute atomic E-state index is 0.00199. The fourth-order valence-corrected chi connectivity index (χ4v) is 4.07. The first-order valence-corrected chi connectivity index (χ1v) is 8.97. The van der Waals surface area contributed by atoms with Crippen LogP contribution in [0.3, 0.4) is 0 Å². The van der Waals surface area contributed by atoms with Crippen LogP contribution in [0.25, 0.3) is 0 Å². The van der Waals surface area contributed by atoms with Gasteiger partial charge < -0.3 is 14.6 Å².